The molecule has 0 bridgehead atoms. The summed E-state index contributed by atoms with van der Waals surface area (Å²) in [4.78, 5) is 26.9. The number of carbonyl (C=O) groups is 2. The lowest BCUT2D eigenvalue weighted by Gasteiger charge is -2.27. The zero-order valence-electron chi connectivity index (χ0n) is 13.5. The van der Waals surface area contributed by atoms with Crippen LogP contribution in [0.25, 0.3) is 0 Å². The van der Waals surface area contributed by atoms with Crippen LogP contribution in [0.3, 0.4) is 0 Å². The average molecular weight is 350 g/mol. The molecular weight excluding hydrogens is 328 g/mol. The van der Waals surface area contributed by atoms with Crippen molar-refractivity contribution in [2.45, 2.75) is 25.7 Å². The summed E-state index contributed by atoms with van der Waals surface area (Å²) >= 11 is 0. The summed E-state index contributed by atoms with van der Waals surface area (Å²) in [6, 6.07) is 6.93. The number of anilines is 1. The van der Waals surface area contributed by atoms with Gasteiger partial charge in [-0.15, -0.1) is 0 Å². The molecule has 1 unspecified atom stereocenters. The molecule has 2 aliphatic rings. The first-order valence-electron chi connectivity index (χ1n) is 8.36. The maximum atomic E-state index is 12.7. The van der Waals surface area contributed by atoms with Crippen LogP contribution in [0.15, 0.2) is 24.3 Å². The molecule has 0 radical (unpaired) electrons. The summed E-state index contributed by atoms with van der Waals surface area (Å²) in [7, 11) is -3.11. The van der Waals surface area contributed by atoms with Gasteiger partial charge in [-0.05, 0) is 37.8 Å². The van der Waals surface area contributed by atoms with Crippen LogP contribution in [-0.2, 0) is 14.6 Å². The fourth-order valence-corrected chi connectivity index (χ4v) is 5.02. The maximum absolute atomic E-state index is 12.7. The van der Waals surface area contributed by atoms with Crippen molar-refractivity contribution >= 4 is 27.3 Å². The van der Waals surface area contributed by atoms with E-state index in [0.29, 0.717) is 17.7 Å². The fourth-order valence-electron chi connectivity index (χ4n) is 3.28. The van der Waals surface area contributed by atoms with E-state index in [2.05, 4.69) is 5.32 Å². The first kappa shape index (κ1) is 17.0. The number of benzene rings is 1. The van der Waals surface area contributed by atoms with Gasteiger partial charge in [-0.3, -0.25) is 9.59 Å². The van der Waals surface area contributed by atoms with Crippen molar-refractivity contribution in [3.05, 3.63) is 29.8 Å². The van der Waals surface area contributed by atoms with Crippen molar-refractivity contribution in [1.82, 2.24) is 4.90 Å². The molecule has 24 heavy (non-hydrogen) atoms. The lowest BCUT2D eigenvalue weighted by Crippen LogP contribution is -2.36. The van der Waals surface area contributed by atoms with Crippen molar-refractivity contribution in [1.29, 1.82) is 0 Å². The summed E-state index contributed by atoms with van der Waals surface area (Å²) in [5, 5.41) is 2.76. The highest BCUT2D eigenvalue weighted by atomic mass is 32.2. The molecule has 2 aliphatic heterocycles. The van der Waals surface area contributed by atoms with Gasteiger partial charge in [0.15, 0.2) is 9.84 Å². The van der Waals surface area contributed by atoms with Crippen LogP contribution in [-0.4, -0.2) is 49.7 Å². The summed E-state index contributed by atoms with van der Waals surface area (Å²) in [5.74, 6) is -0.992. The molecule has 0 spiro atoms. The molecule has 3 rings (SSSR count). The van der Waals surface area contributed by atoms with Crippen LogP contribution in [0.2, 0.25) is 0 Å². The van der Waals surface area contributed by atoms with E-state index < -0.39 is 15.8 Å². The number of amides is 2. The maximum Gasteiger partial charge on any atom is 0.255 e. The van der Waals surface area contributed by atoms with Gasteiger partial charge in [0.25, 0.3) is 5.91 Å². The van der Waals surface area contributed by atoms with E-state index in [9.17, 15) is 18.0 Å². The number of para-hydroxylation sites is 1. The summed E-state index contributed by atoms with van der Waals surface area (Å²) < 4.78 is 23.1. The smallest absolute Gasteiger partial charge is 0.255 e. The predicted octanol–water partition coefficient (Wildman–Crippen LogP) is 1.69. The Hall–Kier alpha value is -1.89. The molecule has 1 N–H and O–H groups in total. The van der Waals surface area contributed by atoms with Crippen LogP contribution < -0.4 is 5.32 Å². The van der Waals surface area contributed by atoms with Crippen molar-refractivity contribution in [3.63, 3.8) is 0 Å². The van der Waals surface area contributed by atoms with Gasteiger partial charge < -0.3 is 10.2 Å². The second-order valence-corrected chi connectivity index (χ2v) is 8.72. The molecular formula is C17H22N2O4S. The minimum atomic E-state index is -3.11. The molecule has 1 atom stereocenters. The lowest BCUT2D eigenvalue weighted by atomic mass is 10.1. The van der Waals surface area contributed by atoms with Gasteiger partial charge in [-0.1, -0.05) is 12.1 Å². The number of piperidine rings is 1. The minimum Gasteiger partial charge on any atom is -0.339 e. The summed E-state index contributed by atoms with van der Waals surface area (Å²) in [6.45, 7) is 1.48. The van der Waals surface area contributed by atoms with E-state index in [1.165, 1.54) is 0 Å². The molecule has 2 fully saturated rings. The third kappa shape index (κ3) is 3.77. The second-order valence-electron chi connectivity index (χ2n) is 6.49. The van der Waals surface area contributed by atoms with Crippen molar-refractivity contribution in [3.8, 4) is 0 Å². The molecule has 2 heterocycles. The van der Waals surface area contributed by atoms with E-state index in [0.717, 1.165) is 32.4 Å². The predicted molar refractivity (Wildman–Crippen MR) is 91.6 cm³/mol. The van der Waals surface area contributed by atoms with Crippen molar-refractivity contribution in [2.75, 3.05) is 29.9 Å². The zero-order valence-corrected chi connectivity index (χ0v) is 14.3. The van der Waals surface area contributed by atoms with Crippen LogP contribution in [0, 0.1) is 5.92 Å². The minimum absolute atomic E-state index is 0.0550. The highest BCUT2D eigenvalue weighted by Crippen LogP contribution is 2.23. The van der Waals surface area contributed by atoms with Crippen LogP contribution in [0.1, 0.15) is 36.0 Å². The number of nitrogens with zero attached hydrogens (tertiary/aromatic N) is 1. The Morgan fingerprint density at radius 3 is 2.46 bits per heavy atom. The molecule has 2 saturated heterocycles. The Balaban J connectivity index is 1.74. The van der Waals surface area contributed by atoms with Gasteiger partial charge in [0.1, 0.15) is 0 Å². The van der Waals surface area contributed by atoms with Gasteiger partial charge in [-0.25, -0.2) is 8.42 Å². The van der Waals surface area contributed by atoms with E-state index >= 15 is 0 Å². The highest BCUT2D eigenvalue weighted by Gasteiger charge is 2.33. The van der Waals surface area contributed by atoms with E-state index in [1.807, 2.05) is 4.90 Å². The first-order valence-corrected chi connectivity index (χ1v) is 10.2. The number of carbonyl (C=O) groups excluding carboxylic acids is 2. The number of likely N-dealkylation sites (tertiary alicyclic amines) is 1. The Morgan fingerprint density at radius 1 is 1.08 bits per heavy atom. The third-order valence-corrected chi connectivity index (χ3v) is 6.43. The van der Waals surface area contributed by atoms with Gasteiger partial charge in [0.2, 0.25) is 5.91 Å². The highest BCUT2D eigenvalue weighted by molar-refractivity contribution is 7.91. The Labute approximate surface area is 142 Å². The largest absolute Gasteiger partial charge is 0.339 e. The van der Waals surface area contributed by atoms with E-state index in [1.54, 1.807) is 24.3 Å². The van der Waals surface area contributed by atoms with Gasteiger partial charge in [0.05, 0.1) is 28.7 Å². The first-order chi connectivity index (χ1) is 11.5. The van der Waals surface area contributed by atoms with Crippen molar-refractivity contribution < 1.29 is 18.0 Å². The van der Waals surface area contributed by atoms with Gasteiger partial charge in [0, 0.05) is 13.1 Å². The third-order valence-electron chi connectivity index (χ3n) is 4.66. The molecule has 0 aromatic heterocycles. The van der Waals surface area contributed by atoms with E-state index in [4.69, 9.17) is 0 Å². The number of rotatable bonds is 3. The van der Waals surface area contributed by atoms with Gasteiger partial charge >= 0.3 is 0 Å². The van der Waals surface area contributed by atoms with Gasteiger partial charge in [-0.2, -0.15) is 0 Å². The molecule has 0 aliphatic carbocycles. The number of hydrogen-bond acceptors (Lipinski definition) is 4. The molecule has 2 amide bonds. The second kappa shape index (κ2) is 6.93. The monoisotopic (exact) mass is 350 g/mol. The number of sulfone groups is 1. The average Bonchev–Trinajstić information content (AvgIpc) is 2.96. The lowest BCUT2D eigenvalue weighted by molar-refractivity contribution is -0.119. The number of nitrogens with one attached hydrogen (secondary N) is 1. The summed E-state index contributed by atoms with van der Waals surface area (Å²) in [5.41, 5.74) is 0.927. The molecule has 6 nitrogen and oxygen atoms in total. The van der Waals surface area contributed by atoms with Crippen molar-refractivity contribution in [2.24, 2.45) is 5.92 Å². The Morgan fingerprint density at radius 2 is 1.79 bits per heavy atom. The molecule has 0 saturated carbocycles. The zero-order chi connectivity index (χ0) is 17.2. The molecule has 1 aromatic carbocycles. The SMILES string of the molecule is O=C(Nc1ccccc1C(=O)N1CCCCC1)C1CCS(=O)(=O)C1. The molecule has 130 valence electrons. The van der Waals surface area contributed by atoms with Crippen LogP contribution in [0.5, 0.6) is 0 Å². The Kier molecular flexibility index (Phi) is 4.89. The summed E-state index contributed by atoms with van der Waals surface area (Å²) in [6.07, 6.45) is 3.48. The van der Waals surface area contributed by atoms with Crippen LogP contribution >= 0.6 is 0 Å². The molecule has 7 heteroatoms. The Bertz CT molecular complexity index is 739. The quantitative estimate of drug-likeness (QED) is 0.899. The van der Waals surface area contributed by atoms with Crippen LogP contribution in [0.4, 0.5) is 5.69 Å². The fraction of sp³-hybridized carbons (Fsp3) is 0.529. The van der Waals surface area contributed by atoms with E-state index in [-0.39, 0.29) is 23.3 Å². The number of hydrogen-bond donors (Lipinski definition) is 1. The molecule has 1 aromatic rings. The topological polar surface area (TPSA) is 83.6 Å². The standard InChI is InChI=1S/C17H22N2O4S/c20-16(13-8-11-24(22,23)12-13)18-15-7-3-2-6-14(15)17(21)19-9-4-1-5-10-19/h2-3,6-7,13H,1,4-5,8-12H2,(H,18,20). The normalized spacial score (nSPS) is 23.0.